The summed E-state index contributed by atoms with van der Waals surface area (Å²) in [4.78, 5) is 5.50. The number of para-hydroxylation sites is 1. The number of pyridine rings is 1. The van der Waals surface area contributed by atoms with Gasteiger partial charge in [0.05, 0.1) is 13.2 Å². The van der Waals surface area contributed by atoms with E-state index in [1.807, 2.05) is 30.3 Å². The number of thioether (sulfide) groups is 1. The molecule has 2 aromatic rings. The van der Waals surface area contributed by atoms with Gasteiger partial charge in [-0.1, -0.05) is 12.1 Å². The molecule has 1 aliphatic heterocycles. The molecule has 0 amide bonds. The largest absolute Gasteiger partial charge is 0.495 e. The van der Waals surface area contributed by atoms with Gasteiger partial charge in [0.15, 0.2) is 0 Å². The number of aromatic nitrogens is 1. The van der Waals surface area contributed by atoms with E-state index in [4.69, 9.17) is 15.2 Å². The molecule has 0 aliphatic carbocycles. The summed E-state index contributed by atoms with van der Waals surface area (Å²) >= 11 is 1.76. The second-order valence-electron chi connectivity index (χ2n) is 4.53. The maximum atomic E-state index is 6.32. The molecule has 3 rings (SSSR count). The van der Waals surface area contributed by atoms with Crippen LogP contribution in [0, 0.1) is 0 Å². The number of hydrogen-bond acceptors (Lipinski definition) is 5. The van der Waals surface area contributed by atoms with Gasteiger partial charge in [-0.15, -0.1) is 11.8 Å². The lowest BCUT2D eigenvalue weighted by Gasteiger charge is -2.29. The zero-order valence-corrected chi connectivity index (χ0v) is 12.0. The first-order valence-electron chi connectivity index (χ1n) is 6.42. The minimum Gasteiger partial charge on any atom is -0.495 e. The predicted octanol–water partition coefficient (Wildman–Crippen LogP) is 2.64. The lowest BCUT2D eigenvalue weighted by atomic mass is 10.1. The molecule has 104 valence electrons. The van der Waals surface area contributed by atoms with E-state index < -0.39 is 0 Å². The highest BCUT2D eigenvalue weighted by molar-refractivity contribution is 7.99. The zero-order chi connectivity index (χ0) is 13.9. The second-order valence-corrected chi connectivity index (χ2v) is 5.59. The van der Waals surface area contributed by atoms with Crippen molar-refractivity contribution in [1.29, 1.82) is 0 Å². The van der Waals surface area contributed by atoms with Gasteiger partial charge in [-0.3, -0.25) is 4.98 Å². The molecule has 5 heteroatoms. The summed E-state index contributed by atoms with van der Waals surface area (Å²) in [6.07, 6.45) is 1.61. The Morgan fingerprint density at radius 3 is 3.05 bits per heavy atom. The minimum absolute atomic E-state index is 0.112. The van der Waals surface area contributed by atoms with Gasteiger partial charge in [-0.05, 0) is 24.3 Å². The van der Waals surface area contributed by atoms with Crippen LogP contribution >= 0.6 is 11.8 Å². The van der Waals surface area contributed by atoms with E-state index >= 15 is 0 Å². The average Bonchev–Trinajstić information content (AvgIpc) is 2.53. The van der Waals surface area contributed by atoms with Crippen molar-refractivity contribution in [2.45, 2.75) is 17.0 Å². The smallest absolute Gasteiger partial charge is 0.142 e. The van der Waals surface area contributed by atoms with E-state index in [1.165, 1.54) is 0 Å². The fraction of sp³-hybridized carbons (Fsp3) is 0.267. The van der Waals surface area contributed by atoms with E-state index in [9.17, 15) is 0 Å². The van der Waals surface area contributed by atoms with Gasteiger partial charge in [0.1, 0.15) is 23.3 Å². The molecule has 0 spiro atoms. The number of benzene rings is 1. The van der Waals surface area contributed by atoms with Crippen LogP contribution in [-0.2, 0) is 0 Å². The molecular weight excluding hydrogens is 272 g/mol. The molecule has 0 radical (unpaired) electrons. The van der Waals surface area contributed by atoms with Crippen molar-refractivity contribution in [2.75, 3.05) is 12.9 Å². The number of nitrogens with zero attached hydrogens (tertiary/aromatic N) is 1. The Balaban J connectivity index is 1.84. The highest BCUT2D eigenvalue weighted by Gasteiger charge is 2.29. The summed E-state index contributed by atoms with van der Waals surface area (Å²) in [6, 6.07) is 11.4. The number of nitrogens with two attached hydrogens (primary N) is 1. The topological polar surface area (TPSA) is 57.4 Å². The molecule has 0 saturated heterocycles. The summed E-state index contributed by atoms with van der Waals surface area (Å²) < 4.78 is 11.3. The fourth-order valence-electron chi connectivity index (χ4n) is 2.21. The maximum Gasteiger partial charge on any atom is 0.142 e. The highest BCUT2D eigenvalue weighted by atomic mass is 32.2. The van der Waals surface area contributed by atoms with Crippen LogP contribution in [0.4, 0.5) is 0 Å². The third-order valence-corrected chi connectivity index (χ3v) is 4.41. The minimum atomic E-state index is -0.313. The van der Waals surface area contributed by atoms with Gasteiger partial charge in [0.25, 0.3) is 0 Å². The van der Waals surface area contributed by atoms with Crippen LogP contribution in [0.2, 0.25) is 0 Å². The third-order valence-electron chi connectivity index (χ3n) is 3.27. The molecule has 20 heavy (non-hydrogen) atoms. The van der Waals surface area contributed by atoms with Gasteiger partial charge in [0.2, 0.25) is 0 Å². The fourth-order valence-corrected chi connectivity index (χ4v) is 3.27. The number of hydrogen-bond donors (Lipinski definition) is 1. The number of methoxy groups -OCH3 is 1. The Hall–Kier alpha value is -1.72. The van der Waals surface area contributed by atoms with Crippen LogP contribution in [0.5, 0.6) is 11.5 Å². The molecule has 0 bridgehead atoms. The molecule has 1 aromatic carbocycles. The van der Waals surface area contributed by atoms with Crippen molar-refractivity contribution in [1.82, 2.24) is 4.98 Å². The molecule has 2 atom stereocenters. The van der Waals surface area contributed by atoms with Crippen molar-refractivity contribution < 1.29 is 9.47 Å². The Labute approximate surface area is 122 Å². The van der Waals surface area contributed by atoms with Gasteiger partial charge in [-0.25, -0.2) is 0 Å². The lowest BCUT2D eigenvalue weighted by Crippen LogP contribution is -2.36. The molecule has 4 nitrogen and oxygen atoms in total. The van der Waals surface area contributed by atoms with Crippen LogP contribution in [0.3, 0.4) is 0 Å². The van der Waals surface area contributed by atoms with E-state index in [-0.39, 0.29) is 12.1 Å². The zero-order valence-electron chi connectivity index (χ0n) is 11.2. The number of fused-ring (bicyclic) bond motifs is 1. The molecular formula is C15H16N2O2S. The van der Waals surface area contributed by atoms with Gasteiger partial charge >= 0.3 is 0 Å². The lowest BCUT2D eigenvalue weighted by molar-refractivity contribution is 0.181. The summed E-state index contributed by atoms with van der Waals surface area (Å²) in [5, 5.41) is 0. The van der Waals surface area contributed by atoms with Crippen molar-refractivity contribution in [2.24, 2.45) is 5.73 Å². The first kappa shape index (κ1) is 13.3. The van der Waals surface area contributed by atoms with Crippen molar-refractivity contribution in [3.8, 4) is 11.5 Å². The summed E-state index contributed by atoms with van der Waals surface area (Å²) in [5.74, 6) is 2.39. The standard InChI is InChI=1S/C15H16N2O2S/c1-18-11-6-4-8-17-15(11)14(16)12-9-20-13-7-3-2-5-10(13)19-12/h2-8,12,14H,9,16H2,1H3. The average molecular weight is 288 g/mol. The first-order chi connectivity index (χ1) is 9.79. The van der Waals surface area contributed by atoms with Crippen LogP contribution < -0.4 is 15.2 Å². The van der Waals surface area contributed by atoms with Crippen LogP contribution in [0.1, 0.15) is 11.7 Å². The van der Waals surface area contributed by atoms with Gasteiger partial charge in [-0.2, -0.15) is 0 Å². The van der Waals surface area contributed by atoms with Crippen molar-refractivity contribution >= 4 is 11.8 Å². The summed E-state index contributed by atoms with van der Waals surface area (Å²) in [6.45, 7) is 0. The van der Waals surface area contributed by atoms with Crippen molar-refractivity contribution in [3.63, 3.8) is 0 Å². The Morgan fingerprint density at radius 2 is 2.20 bits per heavy atom. The van der Waals surface area contributed by atoms with Crippen molar-refractivity contribution in [3.05, 3.63) is 48.3 Å². The van der Waals surface area contributed by atoms with Gasteiger partial charge in [0, 0.05) is 16.8 Å². The Kier molecular flexibility index (Phi) is 3.80. The summed E-state index contributed by atoms with van der Waals surface area (Å²) in [5.41, 5.74) is 7.06. The monoisotopic (exact) mass is 288 g/mol. The van der Waals surface area contributed by atoms with Gasteiger partial charge < -0.3 is 15.2 Å². The SMILES string of the molecule is COc1cccnc1C(N)C1CSc2ccccc2O1. The maximum absolute atomic E-state index is 6.32. The predicted molar refractivity (Wildman–Crippen MR) is 79.3 cm³/mol. The van der Waals surface area contributed by atoms with E-state index in [0.717, 1.165) is 22.1 Å². The van der Waals surface area contributed by atoms with Crippen LogP contribution in [0.15, 0.2) is 47.5 Å². The van der Waals surface area contributed by atoms with Crippen LogP contribution in [-0.4, -0.2) is 24.0 Å². The molecule has 2 N–H and O–H groups in total. The van der Waals surface area contributed by atoms with E-state index in [2.05, 4.69) is 11.1 Å². The number of rotatable bonds is 3. The molecule has 2 heterocycles. The summed E-state index contributed by atoms with van der Waals surface area (Å²) in [7, 11) is 1.62. The normalized spacial score (nSPS) is 18.8. The third kappa shape index (κ3) is 2.46. The quantitative estimate of drug-likeness (QED) is 0.941. The van der Waals surface area contributed by atoms with E-state index in [0.29, 0.717) is 5.75 Å². The van der Waals surface area contributed by atoms with Crippen LogP contribution in [0.25, 0.3) is 0 Å². The highest BCUT2D eigenvalue weighted by Crippen LogP contribution is 2.38. The second kappa shape index (κ2) is 5.73. The Morgan fingerprint density at radius 1 is 1.35 bits per heavy atom. The first-order valence-corrected chi connectivity index (χ1v) is 7.41. The molecule has 1 aliphatic rings. The molecule has 0 fully saturated rings. The number of ether oxygens (including phenoxy) is 2. The molecule has 2 unspecified atom stereocenters. The molecule has 0 saturated carbocycles. The Bertz CT molecular complexity index is 606. The molecule has 1 aromatic heterocycles. The van der Waals surface area contributed by atoms with E-state index in [1.54, 1.807) is 25.1 Å².